The number of hydrogen-bond donors (Lipinski definition) is 1. The predicted octanol–water partition coefficient (Wildman–Crippen LogP) is 3.16. The van der Waals surface area contributed by atoms with Crippen molar-refractivity contribution in [2.45, 2.75) is 26.2 Å². The van der Waals surface area contributed by atoms with Crippen LogP contribution in [0.15, 0.2) is 42.6 Å². The van der Waals surface area contributed by atoms with Gasteiger partial charge in [-0.2, -0.15) is 0 Å². The Morgan fingerprint density at radius 2 is 1.88 bits per heavy atom. The molecule has 1 N–H and O–H groups in total. The van der Waals surface area contributed by atoms with Crippen LogP contribution in [0, 0.1) is 0 Å². The zero-order valence-electron chi connectivity index (χ0n) is 15.6. The van der Waals surface area contributed by atoms with Gasteiger partial charge in [0.25, 0.3) is 0 Å². The molecule has 134 valence electrons. The lowest BCUT2D eigenvalue weighted by Crippen LogP contribution is -2.52. The molecule has 0 amide bonds. The fourth-order valence-corrected chi connectivity index (χ4v) is 4.25. The molecule has 0 spiro atoms. The van der Waals surface area contributed by atoms with Crippen LogP contribution in [-0.2, 0) is 0 Å². The zero-order chi connectivity index (χ0) is 18.1. The van der Waals surface area contributed by atoms with Gasteiger partial charge in [0.15, 0.2) is 0 Å². The molecule has 2 aromatic rings. The number of aromatic nitrogens is 1. The van der Waals surface area contributed by atoms with Gasteiger partial charge in [-0.15, -0.1) is 0 Å². The highest BCUT2D eigenvalue weighted by Crippen LogP contribution is 2.40. The number of rotatable bonds is 3. The molecule has 0 radical (unpaired) electrons. The minimum absolute atomic E-state index is 0.166. The molecule has 4 rings (SSSR count). The van der Waals surface area contributed by atoms with Gasteiger partial charge in [0.1, 0.15) is 0 Å². The maximum atomic E-state index is 9.89. The summed E-state index contributed by atoms with van der Waals surface area (Å²) in [5, 5.41) is 9.89. The molecule has 1 aliphatic carbocycles. The molecule has 4 nitrogen and oxygen atoms in total. The molecule has 1 aliphatic heterocycles. The number of pyridine rings is 1. The summed E-state index contributed by atoms with van der Waals surface area (Å²) >= 11 is 0. The Bertz CT molecular complexity index is 812. The fraction of sp³-hybridized carbons (Fsp3) is 0.381. The van der Waals surface area contributed by atoms with Crippen LogP contribution in [0.2, 0.25) is 6.82 Å². The number of nitrogens with zero attached hydrogens (tertiary/aromatic N) is 3. The highest BCUT2D eigenvalue weighted by Gasteiger charge is 2.33. The first kappa shape index (κ1) is 17.5. The average Bonchev–Trinajstić information content (AvgIpc) is 2.82. The monoisotopic (exact) mass is 347 g/mol. The van der Waals surface area contributed by atoms with Gasteiger partial charge in [-0.3, -0.25) is 9.88 Å². The van der Waals surface area contributed by atoms with E-state index < -0.39 is 0 Å². The van der Waals surface area contributed by atoms with Crippen molar-refractivity contribution in [2.75, 3.05) is 26.2 Å². The van der Waals surface area contributed by atoms with Crippen molar-refractivity contribution >= 4 is 18.7 Å². The van der Waals surface area contributed by atoms with Crippen LogP contribution in [0.1, 0.15) is 41.8 Å². The second-order valence-electron chi connectivity index (χ2n) is 7.19. The second-order valence-corrected chi connectivity index (χ2v) is 7.19. The maximum Gasteiger partial charge on any atom is 0.376 e. The van der Waals surface area contributed by atoms with Crippen LogP contribution in [0.3, 0.4) is 0 Å². The summed E-state index contributed by atoms with van der Waals surface area (Å²) < 4.78 is 0. The lowest BCUT2D eigenvalue weighted by atomic mass is 9.84. The minimum atomic E-state index is -0.377. The average molecular weight is 347 g/mol. The van der Waals surface area contributed by atoms with Gasteiger partial charge in [0.2, 0.25) is 0 Å². The summed E-state index contributed by atoms with van der Waals surface area (Å²) in [6.07, 6.45) is 5.23. The van der Waals surface area contributed by atoms with Crippen molar-refractivity contribution in [2.24, 2.45) is 0 Å². The standard InChI is InChI=1S/C21H26BN3O/c1-3-16-15-17-7-6-10-23-20(17)21(19-9-5-4-8-18(16)19)24-11-13-25(14-12-24)22(2)26/h4-10,15,21,26H,3,11-14H2,1-2H3. The molecule has 1 fully saturated rings. The van der Waals surface area contributed by atoms with E-state index in [9.17, 15) is 5.02 Å². The zero-order valence-corrected chi connectivity index (χ0v) is 15.6. The van der Waals surface area contributed by atoms with Gasteiger partial charge < -0.3 is 9.83 Å². The van der Waals surface area contributed by atoms with Crippen LogP contribution in [0.5, 0.6) is 0 Å². The number of benzene rings is 1. The smallest absolute Gasteiger partial charge is 0.376 e. The van der Waals surface area contributed by atoms with E-state index in [1.54, 1.807) is 0 Å². The summed E-state index contributed by atoms with van der Waals surface area (Å²) in [4.78, 5) is 9.47. The van der Waals surface area contributed by atoms with Crippen molar-refractivity contribution in [3.05, 3.63) is 65.0 Å². The van der Waals surface area contributed by atoms with Crippen molar-refractivity contribution in [3.63, 3.8) is 0 Å². The molecule has 1 atom stereocenters. The van der Waals surface area contributed by atoms with E-state index in [4.69, 9.17) is 4.98 Å². The Morgan fingerprint density at radius 1 is 1.12 bits per heavy atom. The van der Waals surface area contributed by atoms with Crippen LogP contribution in [0.4, 0.5) is 0 Å². The van der Waals surface area contributed by atoms with E-state index in [1.165, 1.54) is 22.3 Å². The maximum absolute atomic E-state index is 9.89. The number of hydrogen-bond acceptors (Lipinski definition) is 4. The normalized spacial score (nSPS) is 20.7. The van der Waals surface area contributed by atoms with Gasteiger partial charge >= 0.3 is 7.05 Å². The molecule has 1 aromatic carbocycles. The van der Waals surface area contributed by atoms with E-state index in [1.807, 2.05) is 19.1 Å². The lowest BCUT2D eigenvalue weighted by molar-refractivity contribution is 0.144. The molecule has 1 aromatic heterocycles. The fourth-order valence-electron chi connectivity index (χ4n) is 4.25. The van der Waals surface area contributed by atoms with Crippen molar-refractivity contribution in [1.82, 2.24) is 14.7 Å². The Kier molecular flexibility index (Phi) is 4.94. The summed E-state index contributed by atoms with van der Waals surface area (Å²) in [6.45, 7) is 7.70. The molecule has 26 heavy (non-hydrogen) atoms. The first-order chi connectivity index (χ1) is 12.7. The third-order valence-electron chi connectivity index (χ3n) is 5.68. The Balaban J connectivity index is 1.78. The molecule has 5 heteroatoms. The number of allylic oxidation sites excluding steroid dienone is 1. The summed E-state index contributed by atoms with van der Waals surface area (Å²) in [6, 6.07) is 13.2. The molecule has 0 saturated carbocycles. The van der Waals surface area contributed by atoms with Gasteiger partial charge in [-0.05, 0) is 47.6 Å². The SMILES string of the molecule is CCC1=Cc2cccnc2C(N2CCN(B(C)O)CC2)c2ccccc21. The van der Waals surface area contributed by atoms with E-state index >= 15 is 0 Å². The highest BCUT2D eigenvalue weighted by atomic mass is 16.2. The van der Waals surface area contributed by atoms with E-state index in [0.29, 0.717) is 0 Å². The van der Waals surface area contributed by atoms with Gasteiger partial charge in [0.05, 0.1) is 11.7 Å². The first-order valence-electron chi connectivity index (χ1n) is 9.60. The topological polar surface area (TPSA) is 39.6 Å². The molecular formula is C21H26BN3O. The van der Waals surface area contributed by atoms with Crippen molar-refractivity contribution in [1.29, 1.82) is 0 Å². The quantitative estimate of drug-likeness (QED) is 0.866. The molecule has 1 saturated heterocycles. The number of fused-ring (bicyclic) bond motifs is 2. The third-order valence-corrected chi connectivity index (χ3v) is 5.68. The third kappa shape index (κ3) is 3.11. The first-order valence-corrected chi connectivity index (χ1v) is 9.60. The van der Waals surface area contributed by atoms with Gasteiger partial charge in [0, 0.05) is 32.4 Å². The van der Waals surface area contributed by atoms with Crippen LogP contribution in [-0.4, -0.2) is 52.9 Å². The molecular weight excluding hydrogens is 321 g/mol. The van der Waals surface area contributed by atoms with Crippen molar-refractivity contribution in [3.8, 4) is 0 Å². The van der Waals surface area contributed by atoms with E-state index in [-0.39, 0.29) is 13.1 Å². The largest absolute Gasteiger partial charge is 0.437 e. The molecule has 1 unspecified atom stereocenters. The van der Waals surface area contributed by atoms with E-state index in [0.717, 1.165) is 38.3 Å². The predicted molar refractivity (Wildman–Crippen MR) is 108 cm³/mol. The highest BCUT2D eigenvalue weighted by molar-refractivity contribution is 6.45. The molecule has 2 aliphatic rings. The summed E-state index contributed by atoms with van der Waals surface area (Å²) in [5.41, 5.74) is 6.44. The van der Waals surface area contributed by atoms with Crippen LogP contribution in [0.25, 0.3) is 11.6 Å². The molecule has 0 bridgehead atoms. The Morgan fingerprint density at radius 3 is 2.62 bits per heavy atom. The van der Waals surface area contributed by atoms with Gasteiger partial charge in [-0.1, -0.05) is 37.3 Å². The Labute approximate surface area is 156 Å². The van der Waals surface area contributed by atoms with E-state index in [2.05, 4.69) is 53.0 Å². The van der Waals surface area contributed by atoms with Crippen LogP contribution < -0.4 is 0 Å². The molecule has 2 heterocycles. The van der Waals surface area contributed by atoms with Gasteiger partial charge in [-0.25, -0.2) is 0 Å². The summed E-state index contributed by atoms with van der Waals surface area (Å²) in [5.74, 6) is 0. The Hall–Kier alpha value is -1.95. The van der Waals surface area contributed by atoms with Crippen LogP contribution >= 0.6 is 0 Å². The summed E-state index contributed by atoms with van der Waals surface area (Å²) in [7, 11) is -0.377. The number of piperazine rings is 1. The van der Waals surface area contributed by atoms with Crippen molar-refractivity contribution < 1.29 is 5.02 Å². The second kappa shape index (κ2) is 7.35. The minimum Gasteiger partial charge on any atom is -0.437 e. The lowest BCUT2D eigenvalue weighted by Gasteiger charge is -2.40.